The van der Waals surface area contributed by atoms with Crippen LogP contribution in [0.4, 0.5) is 0 Å². The number of benzene rings is 1. The molecule has 1 aromatic carbocycles. The van der Waals surface area contributed by atoms with E-state index in [1.54, 1.807) is 43.9 Å². The summed E-state index contributed by atoms with van der Waals surface area (Å²) in [6.07, 6.45) is 4.07. The second-order valence-corrected chi connectivity index (χ2v) is 3.87. The molecule has 0 fully saturated rings. The molecule has 1 amide bonds. The number of amides is 1. The van der Waals surface area contributed by atoms with Crippen LogP contribution in [0.5, 0.6) is 5.75 Å². The van der Waals surface area contributed by atoms with Crippen molar-refractivity contribution in [3.05, 3.63) is 54.0 Å². The first kappa shape index (κ1) is 12.2. The molecule has 1 heterocycles. The molecule has 0 aliphatic rings. The van der Waals surface area contributed by atoms with Crippen molar-refractivity contribution in [3.63, 3.8) is 0 Å². The lowest BCUT2D eigenvalue weighted by molar-refractivity contribution is 0.0954. The van der Waals surface area contributed by atoms with Gasteiger partial charge in [-0.3, -0.25) is 4.79 Å². The molecule has 0 atom stereocenters. The lowest BCUT2D eigenvalue weighted by atomic mass is 10.2. The maximum atomic E-state index is 11.8. The Hall–Kier alpha value is -2.23. The van der Waals surface area contributed by atoms with Crippen molar-refractivity contribution >= 4 is 5.91 Å². The third-order valence-corrected chi connectivity index (χ3v) is 2.63. The van der Waals surface area contributed by atoms with Gasteiger partial charge in [0.05, 0.1) is 19.6 Å². The van der Waals surface area contributed by atoms with Crippen molar-refractivity contribution in [2.75, 3.05) is 13.7 Å². The van der Waals surface area contributed by atoms with E-state index >= 15 is 0 Å². The highest BCUT2D eigenvalue weighted by atomic mass is 16.5. The first-order valence-corrected chi connectivity index (χ1v) is 5.73. The summed E-state index contributed by atoms with van der Waals surface area (Å²) in [5, 5.41) is 2.85. The van der Waals surface area contributed by atoms with Crippen molar-refractivity contribution in [1.82, 2.24) is 5.32 Å². The Labute approximate surface area is 106 Å². The van der Waals surface area contributed by atoms with Gasteiger partial charge in [0.2, 0.25) is 0 Å². The lowest BCUT2D eigenvalue weighted by Gasteiger charge is -2.05. The van der Waals surface area contributed by atoms with Crippen LogP contribution in [0.25, 0.3) is 0 Å². The fraction of sp³-hybridized carbons (Fsp3) is 0.214. The van der Waals surface area contributed by atoms with Gasteiger partial charge >= 0.3 is 0 Å². The molecule has 1 aromatic heterocycles. The van der Waals surface area contributed by atoms with E-state index in [0.717, 1.165) is 17.7 Å². The van der Waals surface area contributed by atoms with Crippen molar-refractivity contribution in [1.29, 1.82) is 0 Å². The Morgan fingerprint density at radius 2 is 2.06 bits per heavy atom. The molecule has 2 aromatic rings. The molecule has 18 heavy (non-hydrogen) atoms. The molecule has 0 unspecified atom stereocenters. The second kappa shape index (κ2) is 5.91. The van der Waals surface area contributed by atoms with Crippen molar-refractivity contribution in [2.24, 2.45) is 0 Å². The maximum absolute atomic E-state index is 11.8. The Balaban J connectivity index is 1.83. The first-order valence-electron chi connectivity index (χ1n) is 5.73. The highest BCUT2D eigenvalue weighted by Crippen LogP contribution is 2.11. The molecule has 94 valence electrons. The van der Waals surface area contributed by atoms with Crippen LogP contribution in [0.2, 0.25) is 0 Å². The van der Waals surface area contributed by atoms with Gasteiger partial charge in [0.25, 0.3) is 5.91 Å². The largest absolute Gasteiger partial charge is 0.497 e. The number of carbonyl (C=O) groups is 1. The van der Waals surface area contributed by atoms with Gasteiger partial charge in [-0.15, -0.1) is 0 Å². The predicted molar refractivity (Wildman–Crippen MR) is 67.7 cm³/mol. The summed E-state index contributed by atoms with van der Waals surface area (Å²) in [4.78, 5) is 11.8. The van der Waals surface area contributed by atoms with E-state index in [1.165, 1.54) is 0 Å². The van der Waals surface area contributed by atoms with Crippen LogP contribution in [-0.4, -0.2) is 19.6 Å². The number of rotatable bonds is 5. The molecule has 0 bridgehead atoms. The zero-order chi connectivity index (χ0) is 12.8. The Morgan fingerprint density at radius 3 is 2.67 bits per heavy atom. The number of hydrogen-bond donors (Lipinski definition) is 1. The van der Waals surface area contributed by atoms with Gasteiger partial charge in [-0.25, -0.2) is 0 Å². The minimum absolute atomic E-state index is 0.0823. The monoisotopic (exact) mass is 245 g/mol. The predicted octanol–water partition coefficient (Wildman–Crippen LogP) is 2.26. The number of furan rings is 1. The zero-order valence-electron chi connectivity index (χ0n) is 10.2. The zero-order valence-corrected chi connectivity index (χ0v) is 10.2. The summed E-state index contributed by atoms with van der Waals surface area (Å²) >= 11 is 0. The topological polar surface area (TPSA) is 51.5 Å². The van der Waals surface area contributed by atoms with Gasteiger partial charge in [0.1, 0.15) is 5.75 Å². The van der Waals surface area contributed by atoms with E-state index in [-0.39, 0.29) is 5.91 Å². The van der Waals surface area contributed by atoms with E-state index in [9.17, 15) is 4.79 Å². The molecule has 1 N–H and O–H groups in total. The van der Waals surface area contributed by atoms with E-state index in [0.29, 0.717) is 12.1 Å². The second-order valence-electron chi connectivity index (χ2n) is 3.87. The van der Waals surface area contributed by atoms with Gasteiger partial charge in [-0.1, -0.05) is 0 Å². The minimum atomic E-state index is -0.0823. The van der Waals surface area contributed by atoms with Gasteiger partial charge in [-0.2, -0.15) is 0 Å². The Bertz CT molecular complexity index is 488. The molecule has 0 aliphatic carbocycles. The number of ether oxygens (including phenoxy) is 1. The van der Waals surface area contributed by atoms with Crippen molar-refractivity contribution < 1.29 is 13.9 Å². The van der Waals surface area contributed by atoms with Crippen LogP contribution in [-0.2, 0) is 6.42 Å². The average molecular weight is 245 g/mol. The molecular formula is C14H15NO3. The number of nitrogens with one attached hydrogen (secondary N) is 1. The van der Waals surface area contributed by atoms with E-state index in [4.69, 9.17) is 9.15 Å². The quantitative estimate of drug-likeness (QED) is 0.879. The molecule has 0 saturated heterocycles. The standard InChI is InChI=1S/C14H15NO3/c1-17-13-4-2-12(3-5-13)14(16)15-8-6-11-7-9-18-10-11/h2-5,7,9-10H,6,8H2,1H3,(H,15,16). The van der Waals surface area contributed by atoms with Crippen molar-refractivity contribution in [2.45, 2.75) is 6.42 Å². The maximum Gasteiger partial charge on any atom is 0.251 e. The van der Waals surface area contributed by atoms with Crippen LogP contribution < -0.4 is 10.1 Å². The van der Waals surface area contributed by atoms with Gasteiger partial charge in [0, 0.05) is 12.1 Å². The van der Waals surface area contributed by atoms with Gasteiger partial charge in [-0.05, 0) is 42.3 Å². The fourth-order valence-corrected chi connectivity index (χ4v) is 1.60. The molecular weight excluding hydrogens is 230 g/mol. The SMILES string of the molecule is COc1ccc(C(=O)NCCc2ccoc2)cc1. The summed E-state index contributed by atoms with van der Waals surface area (Å²) in [5.41, 5.74) is 1.70. The molecule has 4 heteroatoms. The third kappa shape index (κ3) is 3.13. The first-order chi connectivity index (χ1) is 8.79. The number of carbonyl (C=O) groups excluding carboxylic acids is 1. The van der Waals surface area contributed by atoms with Crippen LogP contribution in [0.3, 0.4) is 0 Å². The summed E-state index contributed by atoms with van der Waals surface area (Å²) in [6, 6.07) is 8.91. The average Bonchev–Trinajstić information content (AvgIpc) is 2.92. The summed E-state index contributed by atoms with van der Waals surface area (Å²) in [5.74, 6) is 0.658. The van der Waals surface area contributed by atoms with E-state index < -0.39 is 0 Å². The van der Waals surface area contributed by atoms with E-state index in [2.05, 4.69) is 5.32 Å². The molecule has 0 spiro atoms. The summed E-state index contributed by atoms with van der Waals surface area (Å²) in [6.45, 7) is 0.588. The molecule has 0 saturated carbocycles. The number of methoxy groups -OCH3 is 1. The highest BCUT2D eigenvalue weighted by Gasteiger charge is 2.04. The fourth-order valence-electron chi connectivity index (χ4n) is 1.60. The van der Waals surface area contributed by atoms with Crippen LogP contribution in [0, 0.1) is 0 Å². The highest BCUT2D eigenvalue weighted by molar-refractivity contribution is 5.94. The summed E-state index contributed by atoms with van der Waals surface area (Å²) in [7, 11) is 1.60. The minimum Gasteiger partial charge on any atom is -0.497 e. The molecule has 4 nitrogen and oxygen atoms in total. The molecule has 2 rings (SSSR count). The Morgan fingerprint density at radius 1 is 1.28 bits per heavy atom. The smallest absolute Gasteiger partial charge is 0.251 e. The number of hydrogen-bond acceptors (Lipinski definition) is 3. The lowest BCUT2D eigenvalue weighted by Crippen LogP contribution is -2.25. The van der Waals surface area contributed by atoms with Crippen molar-refractivity contribution in [3.8, 4) is 5.75 Å². The van der Waals surface area contributed by atoms with Gasteiger partial charge in [0.15, 0.2) is 0 Å². The molecule has 0 aliphatic heterocycles. The van der Waals surface area contributed by atoms with Gasteiger partial charge < -0.3 is 14.5 Å². The Kier molecular flexibility index (Phi) is 4.02. The van der Waals surface area contributed by atoms with Crippen LogP contribution in [0.15, 0.2) is 47.3 Å². The van der Waals surface area contributed by atoms with Crippen LogP contribution >= 0.6 is 0 Å². The van der Waals surface area contributed by atoms with Crippen LogP contribution in [0.1, 0.15) is 15.9 Å². The summed E-state index contributed by atoms with van der Waals surface area (Å²) < 4.78 is 9.99. The molecule has 0 radical (unpaired) electrons. The third-order valence-electron chi connectivity index (χ3n) is 2.63. The normalized spacial score (nSPS) is 10.1. The van der Waals surface area contributed by atoms with E-state index in [1.807, 2.05) is 6.07 Å².